The van der Waals surface area contributed by atoms with Gasteiger partial charge < -0.3 is 10.1 Å². The van der Waals surface area contributed by atoms with Crippen LogP contribution in [0.5, 0.6) is 0 Å². The van der Waals surface area contributed by atoms with E-state index in [0.717, 1.165) is 18.5 Å². The maximum absolute atomic E-state index is 11.3. The zero-order valence-corrected chi connectivity index (χ0v) is 9.95. The normalized spacial score (nSPS) is 9.88. The fraction of sp³-hybridized carbons (Fsp3) is 0.462. The zero-order valence-electron chi connectivity index (χ0n) is 9.95. The molecule has 0 saturated carbocycles. The monoisotopic (exact) mass is 221 g/mol. The summed E-state index contributed by atoms with van der Waals surface area (Å²) in [4.78, 5) is 11.3. The van der Waals surface area contributed by atoms with E-state index < -0.39 is 0 Å². The van der Waals surface area contributed by atoms with E-state index in [1.54, 1.807) is 0 Å². The molecule has 0 aromatic heterocycles. The quantitative estimate of drug-likeness (QED) is 0.593. The van der Waals surface area contributed by atoms with Crippen LogP contribution < -0.4 is 5.32 Å². The molecular weight excluding hydrogens is 202 g/mol. The van der Waals surface area contributed by atoms with Gasteiger partial charge in [0.25, 0.3) is 0 Å². The van der Waals surface area contributed by atoms with Gasteiger partial charge in [-0.1, -0.05) is 25.5 Å². The van der Waals surface area contributed by atoms with Crippen LogP contribution in [0.25, 0.3) is 0 Å². The molecule has 0 saturated heterocycles. The Kier molecular flexibility index (Phi) is 5.40. The maximum Gasteiger partial charge on any atom is 0.325 e. The second-order valence-corrected chi connectivity index (χ2v) is 3.80. The van der Waals surface area contributed by atoms with Crippen LogP contribution in [0.2, 0.25) is 0 Å². The first kappa shape index (κ1) is 12.6. The third-order valence-electron chi connectivity index (χ3n) is 2.22. The van der Waals surface area contributed by atoms with Crippen molar-refractivity contribution in [1.82, 2.24) is 0 Å². The molecule has 0 amide bonds. The van der Waals surface area contributed by atoms with Gasteiger partial charge in [-0.05, 0) is 31.0 Å². The molecule has 0 bridgehead atoms. The van der Waals surface area contributed by atoms with E-state index in [2.05, 4.69) is 12.2 Å². The molecule has 3 nitrogen and oxygen atoms in total. The van der Waals surface area contributed by atoms with Crippen LogP contribution in [0.1, 0.15) is 25.3 Å². The number of aryl methyl sites for hydroxylation is 1. The fourth-order valence-electron chi connectivity index (χ4n) is 1.31. The number of benzene rings is 1. The molecule has 0 radical (unpaired) electrons. The summed E-state index contributed by atoms with van der Waals surface area (Å²) in [5.74, 6) is -0.199. The minimum absolute atomic E-state index is 0.199. The van der Waals surface area contributed by atoms with E-state index in [9.17, 15) is 4.79 Å². The van der Waals surface area contributed by atoms with Crippen molar-refractivity contribution < 1.29 is 9.53 Å². The van der Waals surface area contributed by atoms with Crippen molar-refractivity contribution in [3.8, 4) is 0 Å². The van der Waals surface area contributed by atoms with E-state index >= 15 is 0 Å². The minimum atomic E-state index is -0.199. The largest absolute Gasteiger partial charge is 0.464 e. The SMILES string of the molecule is CCCCOC(=O)CNc1cccc(C)c1. The van der Waals surface area contributed by atoms with Crippen molar-refractivity contribution in [3.63, 3.8) is 0 Å². The molecule has 3 heteroatoms. The van der Waals surface area contributed by atoms with Gasteiger partial charge in [-0.2, -0.15) is 0 Å². The fourth-order valence-corrected chi connectivity index (χ4v) is 1.31. The highest BCUT2D eigenvalue weighted by molar-refractivity contribution is 5.74. The molecule has 1 aromatic carbocycles. The predicted molar refractivity (Wildman–Crippen MR) is 65.5 cm³/mol. The average Bonchev–Trinajstić information content (AvgIpc) is 2.27. The first-order valence-electron chi connectivity index (χ1n) is 5.68. The van der Waals surface area contributed by atoms with Gasteiger partial charge in [0.15, 0.2) is 0 Å². The Labute approximate surface area is 96.8 Å². The number of rotatable bonds is 6. The highest BCUT2D eigenvalue weighted by Crippen LogP contribution is 2.08. The Bertz CT molecular complexity index is 336. The molecule has 1 aromatic rings. The van der Waals surface area contributed by atoms with Crippen molar-refractivity contribution in [1.29, 1.82) is 0 Å². The molecule has 0 aliphatic heterocycles. The number of carbonyl (C=O) groups is 1. The Morgan fingerprint density at radius 2 is 2.25 bits per heavy atom. The molecule has 16 heavy (non-hydrogen) atoms. The van der Waals surface area contributed by atoms with Crippen LogP contribution in [-0.4, -0.2) is 19.1 Å². The zero-order chi connectivity index (χ0) is 11.8. The van der Waals surface area contributed by atoms with Crippen LogP contribution >= 0.6 is 0 Å². The Hall–Kier alpha value is -1.51. The molecule has 0 spiro atoms. The number of hydrogen-bond donors (Lipinski definition) is 1. The predicted octanol–water partition coefficient (Wildman–Crippen LogP) is 2.75. The molecule has 0 aliphatic rings. The first-order valence-corrected chi connectivity index (χ1v) is 5.68. The first-order chi connectivity index (χ1) is 7.72. The summed E-state index contributed by atoms with van der Waals surface area (Å²) >= 11 is 0. The number of carbonyl (C=O) groups excluding carboxylic acids is 1. The van der Waals surface area contributed by atoms with E-state index in [-0.39, 0.29) is 12.5 Å². The second kappa shape index (κ2) is 6.88. The van der Waals surface area contributed by atoms with E-state index in [4.69, 9.17) is 4.74 Å². The highest BCUT2D eigenvalue weighted by Gasteiger charge is 2.01. The standard InChI is InChI=1S/C13H19NO2/c1-3-4-8-16-13(15)10-14-12-7-5-6-11(2)9-12/h5-7,9,14H,3-4,8,10H2,1-2H3. The molecule has 1 rings (SSSR count). The number of esters is 1. The van der Waals surface area contributed by atoms with Gasteiger partial charge in [0, 0.05) is 5.69 Å². The molecule has 1 N–H and O–H groups in total. The van der Waals surface area contributed by atoms with Gasteiger partial charge in [-0.25, -0.2) is 0 Å². The summed E-state index contributed by atoms with van der Waals surface area (Å²) in [6.07, 6.45) is 1.97. The summed E-state index contributed by atoms with van der Waals surface area (Å²) in [7, 11) is 0. The number of anilines is 1. The van der Waals surface area contributed by atoms with Gasteiger partial charge in [0.05, 0.1) is 6.61 Å². The van der Waals surface area contributed by atoms with Gasteiger partial charge in [-0.15, -0.1) is 0 Å². The number of hydrogen-bond acceptors (Lipinski definition) is 3. The van der Waals surface area contributed by atoms with Gasteiger partial charge >= 0.3 is 5.97 Å². The van der Waals surface area contributed by atoms with Gasteiger partial charge in [0.1, 0.15) is 6.54 Å². The maximum atomic E-state index is 11.3. The molecule has 0 unspecified atom stereocenters. The highest BCUT2D eigenvalue weighted by atomic mass is 16.5. The van der Waals surface area contributed by atoms with Crippen LogP contribution in [0.15, 0.2) is 24.3 Å². The van der Waals surface area contributed by atoms with Crippen LogP contribution in [-0.2, 0) is 9.53 Å². The summed E-state index contributed by atoms with van der Waals surface area (Å²) in [6, 6.07) is 7.91. The third kappa shape index (κ3) is 4.82. The Balaban J connectivity index is 2.26. The topological polar surface area (TPSA) is 38.3 Å². The third-order valence-corrected chi connectivity index (χ3v) is 2.22. The lowest BCUT2D eigenvalue weighted by molar-refractivity contribution is -0.141. The molecular formula is C13H19NO2. The number of nitrogens with one attached hydrogen (secondary N) is 1. The Morgan fingerprint density at radius 3 is 2.94 bits per heavy atom. The van der Waals surface area contributed by atoms with Gasteiger partial charge in [-0.3, -0.25) is 4.79 Å². The lowest BCUT2D eigenvalue weighted by Crippen LogP contribution is -2.17. The van der Waals surface area contributed by atoms with Crippen molar-refractivity contribution in [2.45, 2.75) is 26.7 Å². The van der Waals surface area contributed by atoms with Crippen molar-refractivity contribution in [3.05, 3.63) is 29.8 Å². The molecule has 0 atom stereocenters. The minimum Gasteiger partial charge on any atom is -0.464 e. The van der Waals surface area contributed by atoms with Crippen molar-refractivity contribution in [2.75, 3.05) is 18.5 Å². The van der Waals surface area contributed by atoms with Crippen LogP contribution in [0.4, 0.5) is 5.69 Å². The summed E-state index contributed by atoms with van der Waals surface area (Å²) in [5, 5.41) is 3.04. The van der Waals surface area contributed by atoms with E-state index in [1.807, 2.05) is 31.2 Å². The summed E-state index contributed by atoms with van der Waals surface area (Å²) in [6.45, 7) is 4.83. The van der Waals surface area contributed by atoms with Gasteiger partial charge in [0.2, 0.25) is 0 Å². The van der Waals surface area contributed by atoms with Crippen LogP contribution in [0.3, 0.4) is 0 Å². The summed E-state index contributed by atoms with van der Waals surface area (Å²) < 4.78 is 5.03. The van der Waals surface area contributed by atoms with E-state index in [1.165, 1.54) is 5.56 Å². The molecule has 88 valence electrons. The summed E-state index contributed by atoms with van der Waals surface area (Å²) in [5.41, 5.74) is 2.12. The lowest BCUT2D eigenvalue weighted by Gasteiger charge is -2.07. The van der Waals surface area contributed by atoms with Crippen LogP contribution in [0, 0.1) is 6.92 Å². The molecule has 0 heterocycles. The smallest absolute Gasteiger partial charge is 0.325 e. The second-order valence-electron chi connectivity index (χ2n) is 3.80. The van der Waals surface area contributed by atoms with Crippen molar-refractivity contribution >= 4 is 11.7 Å². The van der Waals surface area contributed by atoms with Crippen molar-refractivity contribution in [2.24, 2.45) is 0 Å². The molecule has 0 fully saturated rings. The van der Waals surface area contributed by atoms with E-state index in [0.29, 0.717) is 6.61 Å². The molecule has 0 aliphatic carbocycles. The Morgan fingerprint density at radius 1 is 1.44 bits per heavy atom. The number of unbranched alkanes of at least 4 members (excludes halogenated alkanes) is 1. The average molecular weight is 221 g/mol. The lowest BCUT2D eigenvalue weighted by atomic mass is 10.2. The number of ether oxygens (including phenoxy) is 1.